The van der Waals surface area contributed by atoms with Crippen LogP contribution in [0.15, 0.2) is 18.2 Å². The van der Waals surface area contributed by atoms with Gasteiger partial charge in [0.1, 0.15) is 5.82 Å². The smallest absolute Gasteiger partial charge is 0.423 e. The maximum Gasteiger partial charge on any atom is 0.491 e. The van der Waals surface area contributed by atoms with Crippen molar-refractivity contribution in [3.8, 4) is 0 Å². The zero-order valence-corrected chi connectivity index (χ0v) is 11.1. The van der Waals surface area contributed by atoms with Crippen molar-refractivity contribution in [1.82, 2.24) is 4.90 Å². The molecule has 1 heterocycles. The molecule has 0 radical (unpaired) electrons. The monoisotopic (exact) mass is 267 g/mol. The minimum atomic E-state index is -1.77. The fourth-order valence-corrected chi connectivity index (χ4v) is 2.40. The predicted molar refractivity (Wildman–Crippen MR) is 71.5 cm³/mol. The molecule has 19 heavy (non-hydrogen) atoms. The Hall–Kier alpha value is -0.945. The van der Waals surface area contributed by atoms with Crippen LogP contribution in [0.1, 0.15) is 18.4 Å². The Kier molecular flexibility index (Phi) is 4.93. The lowest BCUT2D eigenvalue weighted by Crippen LogP contribution is -2.34. The van der Waals surface area contributed by atoms with Gasteiger partial charge < -0.3 is 14.8 Å². The van der Waals surface area contributed by atoms with Gasteiger partial charge in [-0.3, -0.25) is 4.90 Å². The quantitative estimate of drug-likeness (QED) is 0.744. The first-order valence-electron chi connectivity index (χ1n) is 6.51. The van der Waals surface area contributed by atoms with E-state index in [4.69, 9.17) is 14.8 Å². The molecular formula is C13H19BFNO3. The van der Waals surface area contributed by atoms with E-state index in [1.807, 2.05) is 7.05 Å². The van der Waals surface area contributed by atoms with Crippen LogP contribution >= 0.6 is 0 Å². The van der Waals surface area contributed by atoms with Crippen molar-refractivity contribution in [3.05, 3.63) is 29.6 Å². The molecule has 1 saturated heterocycles. The predicted octanol–water partition coefficient (Wildman–Crippen LogP) is 0.116. The number of likely N-dealkylation sites (N-methyl/N-ethyl adjacent to an activating group) is 1. The van der Waals surface area contributed by atoms with Gasteiger partial charge in [-0.15, -0.1) is 0 Å². The van der Waals surface area contributed by atoms with Crippen LogP contribution in [-0.2, 0) is 11.3 Å². The van der Waals surface area contributed by atoms with Crippen molar-refractivity contribution in [2.24, 2.45) is 0 Å². The Balaban J connectivity index is 1.96. The average Bonchev–Trinajstić information content (AvgIpc) is 2.84. The van der Waals surface area contributed by atoms with Crippen LogP contribution in [0.3, 0.4) is 0 Å². The van der Waals surface area contributed by atoms with Gasteiger partial charge in [0.2, 0.25) is 0 Å². The van der Waals surface area contributed by atoms with Gasteiger partial charge in [-0.2, -0.15) is 0 Å². The minimum absolute atomic E-state index is 0.0805. The van der Waals surface area contributed by atoms with E-state index in [0.29, 0.717) is 6.54 Å². The summed E-state index contributed by atoms with van der Waals surface area (Å²) in [5.41, 5.74) is 0.771. The molecule has 1 atom stereocenters. The lowest BCUT2D eigenvalue weighted by Gasteiger charge is -2.20. The van der Waals surface area contributed by atoms with Gasteiger partial charge in [0.25, 0.3) is 0 Å². The van der Waals surface area contributed by atoms with E-state index in [-0.39, 0.29) is 11.6 Å². The molecule has 6 heteroatoms. The Morgan fingerprint density at radius 1 is 1.47 bits per heavy atom. The first kappa shape index (κ1) is 14.5. The van der Waals surface area contributed by atoms with Crippen LogP contribution in [0, 0.1) is 5.82 Å². The normalized spacial score (nSPS) is 19.1. The Labute approximate surface area is 113 Å². The molecule has 1 fully saturated rings. The second-order valence-corrected chi connectivity index (χ2v) is 5.06. The molecule has 2 rings (SSSR count). The van der Waals surface area contributed by atoms with Crippen LogP contribution < -0.4 is 5.46 Å². The molecule has 0 saturated carbocycles. The van der Waals surface area contributed by atoms with E-state index in [9.17, 15) is 4.39 Å². The largest absolute Gasteiger partial charge is 0.491 e. The highest BCUT2D eigenvalue weighted by Gasteiger charge is 2.19. The van der Waals surface area contributed by atoms with Crippen molar-refractivity contribution in [2.45, 2.75) is 25.5 Å². The highest BCUT2D eigenvalue weighted by Crippen LogP contribution is 2.14. The van der Waals surface area contributed by atoms with Crippen LogP contribution in [0.4, 0.5) is 4.39 Å². The number of hydrogen-bond donors (Lipinski definition) is 2. The standard InChI is InChI=1S/C13H19BFNO3/c1-16(9-11-3-2-6-19-11)8-10-4-5-13(15)12(7-10)14(17)18/h4-5,7,11,17-18H,2-3,6,8-9H2,1H3. The molecule has 1 aromatic rings. The second-order valence-electron chi connectivity index (χ2n) is 5.06. The highest BCUT2D eigenvalue weighted by atomic mass is 19.1. The molecule has 0 aliphatic carbocycles. The summed E-state index contributed by atoms with van der Waals surface area (Å²) < 4.78 is 18.9. The first-order valence-corrected chi connectivity index (χ1v) is 6.51. The number of rotatable bonds is 5. The average molecular weight is 267 g/mol. The number of benzene rings is 1. The number of hydrogen-bond acceptors (Lipinski definition) is 4. The fraction of sp³-hybridized carbons (Fsp3) is 0.538. The van der Waals surface area contributed by atoms with Crippen molar-refractivity contribution < 1.29 is 19.2 Å². The van der Waals surface area contributed by atoms with Crippen LogP contribution in [0.25, 0.3) is 0 Å². The highest BCUT2D eigenvalue weighted by molar-refractivity contribution is 6.58. The summed E-state index contributed by atoms with van der Waals surface area (Å²) >= 11 is 0. The van der Waals surface area contributed by atoms with Crippen molar-refractivity contribution in [1.29, 1.82) is 0 Å². The summed E-state index contributed by atoms with van der Waals surface area (Å²) in [4.78, 5) is 2.09. The molecule has 104 valence electrons. The zero-order chi connectivity index (χ0) is 13.8. The molecule has 2 N–H and O–H groups in total. The van der Waals surface area contributed by atoms with E-state index in [1.54, 1.807) is 6.07 Å². The number of nitrogens with zero attached hydrogens (tertiary/aromatic N) is 1. The van der Waals surface area contributed by atoms with Gasteiger partial charge in [-0.1, -0.05) is 12.1 Å². The van der Waals surface area contributed by atoms with Gasteiger partial charge in [0.15, 0.2) is 0 Å². The van der Waals surface area contributed by atoms with Crippen LogP contribution in [-0.4, -0.2) is 48.4 Å². The topological polar surface area (TPSA) is 52.9 Å². The van der Waals surface area contributed by atoms with Gasteiger partial charge in [0, 0.05) is 25.2 Å². The third kappa shape index (κ3) is 4.01. The Bertz CT molecular complexity index is 424. The van der Waals surface area contributed by atoms with Gasteiger partial charge in [0.05, 0.1) is 6.10 Å². The van der Waals surface area contributed by atoms with E-state index >= 15 is 0 Å². The summed E-state index contributed by atoms with van der Waals surface area (Å²) in [5.74, 6) is -0.597. The van der Waals surface area contributed by atoms with Crippen molar-refractivity contribution in [3.63, 3.8) is 0 Å². The summed E-state index contributed by atoms with van der Waals surface area (Å²) in [6.07, 6.45) is 2.46. The second kappa shape index (κ2) is 6.48. The maximum atomic E-state index is 13.3. The summed E-state index contributed by atoms with van der Waals surface area (Å²) in [6.45, 7) is 2.28. The number of halogens is 1. The minimum Gasteiger partial charge on any atom is -0.423 e. The first-order chi connectivity index (χ1) is 9.06. The fourth-order valence-electron chi connectivity index (χ4n) is 2.40. The van der Waals surface area contributed by atoms with Gasteiger partial charge in [-0.25, -0.2) is 4.39 Å². The SMILES string of the molecule is CN(Cc1ccc(F)c(B(O)O)c1)CC1CCCO1. The van der Waals surface area contributed by atoms with E-state index in [1.165, 1.54) is 12.1 Å². The molecule has 1 aliphatic heterocycles. The zero-order valence-electron chi connectivity index (χ0n) is 11.1. The summed E-state index contributed by atoms with van der Waals surface area (Å²) in [6, 6.07) is 4.42. The lowest BCUT2D eigenvalue weighted by atomic mass is 9.79. The molecule has 1 unspecified atom stereocenters. The third-order valence-corrected chi connectivity index (χ3v) is 3.33. The van der Waals surface area contributed by atoms with Crippen LogP contribution in [0.2, 0.25) is 0 Å². The molecule has 1 aliphatic rings. The Morgan fingerprint density at radius 3 is 2.89 bits per heavy atom. The summed E-state index contributed by atoms with van der Waals surface area (Å²) in [5, 5.41) is 18.1. The molecule has 4 nitrogen and oxygen atoms in total. The molecule has 0 aromatic heterocycles. The lowest BCUT2D eigenvalue weighted by molar-refractivity contribution is 0.0793. The molecule has 0 spiro atoms. The molecule has 0 bridgehead atoms. The molecule has 0 amide bonds. The van der Waals surface area contributed by atoms with Crippen molar-refractivity contribution in [2.75, 3.05) is 20.2 Å². The van der Waals surface area contributed by atoms with Crippen molar-refractivity contribution >= 4 is 12.6 Å². The van der Waals surface area contributed by atoms with E-state index < -0.39 is 12.9 Å². The maximum absolute atomic E-state index is 13.3. The third-order valence-electron chi connectivity index (χ3n) is 3.33. The molecular weight excluding hydrogens is 248 g/mol. The van der Waals surface area contributed by atoms with Gasteiger partial charge >= 0.3 is 7.12 Å². The summed E-state index contributed by atoms with van der Waals surface area (Å²) in [7, 11) is 0.198. The van der Waals surface area contributed by atoms with Crippen LogP contribution in [0.5, 0.6) is 0 Å². The number of ether oxygens (including phenoxy) is 1. The van der Waals surface area contributed by atoms with Gasteiger partial charge in [-0.05, 0) is 31.5 Å². The Morgan fingerprint density at radius 2 is 2.26 bits per heavy atom. The molecule has 1 aromatic carbocycles. The van der Waals surface area contributed by atoms with E-state index in [2.05, 4.69) is 4.90 Å². The van der Waals surface area contributed by atoms with E-state index in [0.717, 1.165) is 31.6 Å².